The lowest BCUT2D eigenvalue weighted by Gasteiger charge is -2.62. The van der Waals surface area contributed by atoms with E-state index in [4.69, 9.17) is 4.74 Å². The molecule has 8 atom stereocenters. The van der Waals surface area contributed by atoms with E-state index in [-0.39, 0.29) is 23.4 Å². The van der Waals surface area contributed by atoms with E-state index in [1.54, 1.807) is 6.92 Å². The molecule has 4 saturated carbocycles. The lowest BCUT2D eigenvalue weighted by Crippen LogP contribution is -2.65. The van der Waals surface area contributed by atoms with Crippen molar-refractivity contribution in [3.63, 3.8) is 0 Å². The summed E-state index contributed by atoms with van der Waals surface area (Å²) in [4.78, 5) is 12.0. The number of aliphatic hydroxyl groups excluding tert-OH is 1. The van der Waals surface area contributed by atoms with Gasteiger partial charge in [0.15, 0.2) is 0 Å². The normalized spacial score (nSPS) is 58.4. The van der Waals surface area contributed by atoms with Gasteiger partial charge in [0.25, 0.3) is 0 Å². The zero-order chi connectivity index (χ0) is 17.1. The first-order valence-electron chi connectivity index (χ1n) is 9.54. The van der Waals surface area contributed by atoms with E-state index >= 15 is 0 Å². The highest BCUT2D eigenvalue weighted by molar-refractivity contribution is 5.92. The van der Waals surface area contributed by atoms with Gasteiger partial charge in [-0.25, -0.2) is 4.79 Å². The van der Waals surface area contributed by atoms with Crippen molar-refractivity contribution >= 4 is 5.97 Å². The molecule has 4 heteroatoms. The number of fused-ring (bicyclic) bond motifs is 6. The number of carbonyl (C=O) groups excluding carboxylic acids is 1. The van der Waals surface area contributed by atoms with Crippen LogP contribution in [0.15, 0.2) is 11.1 Å². The predicted octanol–water partition coefficient (Wildman–Crippen LogP) is 2.58. The SMILES string of the molecule is CC1=C2[C@H](C[C@H]3[C@]4(C)CC[C@@H]5C[C@]5(C)[C@H]4CC[C@]3(O)[C@H]2O)OC1=O. The summed E-state index contributed by atoms with van der Waals surface area (Å²) in [7, 11) is 0. The lowest BCUT2D eigenvalue weighted by atomic mass is 9.45. The lowest BCUT2D eigenvalue weighted by molar-refractivity contribution is -0.219. The van der Waals surface area contributed by atoms with Crippen LogP contribution in [0.2, 0.25) is 0 Å². The topological polar surface area (TPSA) is 66.8 Å². The third-order valence-corrected chi connectivity index (χ3v) is 8.87. The Balaban J connectivity index is 1.58. The van der Waals surface area contributed by atoms with Crippen molar-refractivity contribution < 1.29 is 19.7 Å². The quantitative estimate of drug-likeness (QED) is 0.669. The Morgan fingerprint density at radius 3 is 2.62 bits per heavy atom. The van der Waals surface area contributed by atoms with Gasteiger partial charge in [0, 0.05) is 17.1 Å². The van der Waals surface area contributed by atoms with Gasteiger partial charge in [-0.1, -0.05) is 13.8 Å². The Bertz CT molecular complexity index is 669. The van der Waals surface area contributed by atoms with E-state index in [2.05, 4.69) is 13.8 Å². The largest absolute Gasteiger partial charge is 0.454 e. The highest BCUT2D eigenvalue weighted by atomic mass is 16.5. The molecule has 0 aromatic carbocycles. The van der Waals surface area contributed by atoms with Gasteiger partial charge in [0.05, 0.1) is 5.60 Å². The fourth-order valence-corrected chi connectivity index (χ4v) is 7.42. The van der Waals surface area contributed by atoms with Crippen molar-refractivity contribution in [2.75, 3.05) is 0 Å². The smallest absolute Gasteiger partial charge is 0.334 e. The van der Waals surface area contributed by atoms with E-state index in [9.17, 15) is 15.0 Å². The Morgan fingerprint density at radius 1 is 1.12 bits per heavy atom. The van der Waals surface area contributed by atoms with Gasteiger partial charge in [-0.3, -0.25) is 0 Å². The number of carbonyl (C=O) groups is 1. The second-order valence-electron chi connectivity index (χ2n) is 9.70. The number of rotatable bonds is 0. The second-order valence-corrected chi connectivity index (χ2v) is 9.70. The Kier molecular flexibility index (Phi) is 2.74. The number of esters is 1. The molecule has 0 bridgehead atoms. The van der Waals surface area contributed by atoms with Crippen molar-refractivity contribution in [2.45, 2.75) is 77.1 Å². The van der Waals surface area contributed by atoms with Crippen LogP contribution in [0.3, 0.4) is 0 Å². The second kappa shape index (κ2) is 4.27. The predicted molar refractivity (Wildman–Crippen MR) is 87.9 cm³/mol. The molecule has 0 saturated heterocycles. The number of hydrogen-bond acceptors (Lipinski definition) is 4. The van der Waals surface area contributed by atoms with E-state index < -0.39 is 11.7 Å². The van der Waals surface area contributed by atoms with Crippen LogP contribution in [0.4, 0.5) is 0 Å². The summed E-state index contributed by atoms with van der Waals surface area (Å²) in [6, 6.07) is 0. The molecule has 24 heavy (non-hydrogen) atoms. The van der Waals surface area contributed by atoms with Crippen molar-refractivity contribution in [3.8, 4) is 0 Å². The Morgan fingerprint density at radius 2 is 1.88 bits per heavy atom. The third-order valence-electron chi connectivity index (χ3n) is 8.87. The first-order chi connectivity index (χ1) is 11.2. The molecule has 0 aromatic rings. The third kappa shape index (κ3) is 1.56. The average molecular weight is 332 g/mol. The maximum atomic E-state index is 12.0. The van der Waals surface area contributed by atoms with Crippen molar-refractivity contribution in [2.24, 2.45) is 28.6 Å². The molecule has 2 N–H and O–H groups in total. The highest BCUT2D eigenvalue weighted by Crippen LogP contribution is 2.74. The standard InChI is InChI=1S/C20H28O4/c1-10-15-12(24-17(10)22)8-14-18(2)6-4-11-9-19(11,3)13(18)5-7-20(14,23)16(15)21/h11-14,16,21,23H,4-9H2,1-3H3/t11-,12+,13+,14+,16+,18-,19+,20-/m1/s1. The molecule has 0 unspecified atom stereocenters. The minimum atomic E-state index is -1.11. The summed E-state index contributed by atoms with van der Waals surface area (Å²) in [5.41, 5.74) is 0.503. The van der Waals surface area contributed by atoms with Crippen LogP contribution in [0, 0.1) is 28.6 Å². The van der Waals surface area contributed by atoms with E-state index in [1.165, 1.54) is 12.8 Å². The average Bonchev–Trinajstić information content (AvgIpc) is 3.11. The van der Waals surface area contributed by atoms with E-state index in [0.29, 0.717) is 35.3 Å². The van der Waals surface area contributed by atoms with Crippen molar-refractivity contribution in [1.29, 1.82) is 0 Å². The van der Waals surface area contributed by atoms with Crippen LogP contribution >= 0.6 is 0 Å². The summed E-state index contributed by atoms with van der Waals surface area (Å²) < 4.78 is 5.54. The monoisotopic (exact) mass is 332 g/mol. The molecule has 1 heterocycles. The minimum absolute atomic E-state index is 0.00424. The summed E-state index contributed by atoms with van der Waals surface area (Å²) in [6.07, 6.45) is 4.67. The van der Waals surface area contributed by atoms with Crippen LogP contribution in [0.25, 0.3) is 0 Å². The van der Waals surface area contributed by atoms with Crippen LogP contribution in [-0.2, 0) is 9.53 Å². The van der Waals surface area contributed by atoms with Crippen molar-refractivity contribution in [3.05, 3.63) is 11.1 Å². The molecule has 4 aliphatic carbocycles. The molecular weight excluding hydrogens is 304 g/mol. The fraction of sp³-hybridized carbons (Fsp3) is 0.850. The van der Waals surface area contributed by atoms with Gasteiger partial charge in [-0.05, 0) is 68.1 Å². The summed E-state index contributed by atoms with van der Waals surface area (Å²) >= 11 is 0. The number of ether oxygens (including phenoxy) is 1. The highest BCUT2D eigenvalue weighted by Gasteiger charge is 2.71. The molecular formula is C20H28O4. The van der Waals surface area contributed by atoms with Crippen LogP contribution < -0.4 is 0 Å². The van der Waals surface area contributed by atoms with Crippen molar-refractivity contribution in [1.82, 2.24) is 0 Å². The molecule has 5 aliphatic rings. The molecule has 0 spiro atoms. The molecule has 0 amide bonds. The van der Waals surface area contributed by atoms with Gasteiger partial charge in [-0.15, -0.1) is 0 Å². The van der Waals surface area contributed by atoms with Crippen LogP contribution in [0.1, 0.15) is 59.3 Å². The Labute approximate surface area is 143 Å². The molecule has 132 valence electrons. The summed E-state index contributed by atoms with van der Waals surface area (Å²) in [6.45, 7) is 6.47. The number of hydrogen-bond donors (Lipinski definition) is 2. The molecule has 1 aliphatic heterocycles. The van der Waals surface area contributed by atoms with Crippen LogP contribution in [-0.4, -0.2) is 34.0 Å². The van der Waals surface area contributed by atoms with Gasteiger partial charge >= 0.3 is 5.97 Å². The maximum absolute atomic E-state index is 12.0. The Hall–Kier alpha value is -0.870. The number of aliphatic hydroxyl groups is 2. The van der Waals surface area contributed by atoms with Gasteiger partial charge < -0.3 is 14.9 Å². The molecule has 0 aromatic heterocycles. The van der Waals surface area contributed by atoms with Gasteiger partial charge in [-0.2, -0.15) is 0 Å². The molecule has 0 radical (unpaired) electrons. The minimum Gasteiger partial charge on any atom is -0.454 e. The van der Waals surface area contributed by atoms with Gasteiger partial charge in [0.2, 0.25) is 0 Å². The summed E-state index contributed by atoms with van der Waals surface area (Å²) in [5.74, 6) is 1.16. The molecule has 5 rings (SSSR count). The van der Waals surface area contributed by atoms with E-state index in [0.717, 1.165) is 18.8 Å². The maximum Gasteiger partial charge on any atom is 0.334 e. The van der Waals surface area contributed by atoms with E-state index in [1.807, 2.05) is 0 Å². The summed E-state index contributed by atoms with van der Waals surface area (Å²) in [5, 5.41) is 22.6. The first kappa shape index (κ1) is 15.4. The fourth-order valence-electron chi connectivity index (χ4n) is 7.42. The zero-order valence-electron chi connectivity index (χ0n) is 14.8. The van der Waals surface area contributed by atoms with Gasteiger partial charge in [0.1, 0.15) is 12.2 Å². The zero-order valence-corrected chi connectivity index (χ0v) is 14.8. The molecule has 4 fully saturated rings. The first-order valence-corrected chi connectivity index (χ1v) is 9.54. The molecule has 4 nitrogen and oxygen atoms in total. The van der Waals surface area contributed by atoms with Crippen LogP contribution in [0.5, 0.6) is 0 Å².